The monoisotopic (exact) mass is 349 g/mol. The SMILES string of the molecule is COc1ccccc1OC1(C(=O)O)CCN(C(=O)C2CCCO2)CC1. The van der Waals surface area contributed by atoms with Gasteiger partial charge in [0.15, 0.2) is 11.5 Å². The number of carbonyl (C=O) groups is 2. The highest BCUT2D eigenvalue weighted by Gasteiger charge is 2.46. The van der Waals surface area contributed by atoms with Gasteiger partial charge >= 0.3 is 5.97 Å². The second-order valence-corrected chi connectivity index (χ2v) is 6.38. The fourth-order valence-electron chi connectivity index (χ4n) is 3.34. The molecule has 0 aliphatic carbocycles. The van der Waals surface area contributed by atoms with E-state index in [0.717, 1.165) is 12.8 Å². The predicted octanol–water partition coefficient (Wildman–Crippen LogP) is 1.70. The molecule has 2 saturated heterocycles. The Morgan fingerprint density at radius 3 is 2.48 bits per heavy atom. The third-order valence-corrected chi connectivity index (χ3v) is 4.85. The van der Waals surface area contributed by atoms with Crippen molar-refractivity contribution in [3.8, 4) is 11.5 Å². The van der Waals surface area contributed by atoms with Gasteiger partial charge in [-0.1, -0.05) is 12.1 Å². The van der Waals surface area contributed by atoms with Gasteiger partial charge in [-0.3, -0.25) is 4.79 Å². The van der Waals surface area contributed by atoms with E-state index in [2.05, 4.69) is 0 Å². The molecule has 1 unspecified atom stereocenters. The summed E-state index contributed by atoms with van der Waals surface area (Å²) < 4.78 is 16.6. The molecule has 0 radical (unpaired) electrons. The zero-order valence-electron chi connectivity index (χ0n) is 14.3. The summed E-state index contributed by atoms with van der Waals surface area (Å²) in [6.07, 6.45) is 1.68. The number of rotatable bonds is 5. The summed E-state index contributed by atoms with van der Waals surface area (Å²) in [4.78, 5) is 26.0. The average Bonchev–Trinajstić information content (AvgIpc) is 3.17. The highest BCUT2D eigenvalue weighted by atomic mass is 16.5. The standard InChI is InChI=1S/C18H23NO6/c1-23-13-5-2-3-6-14(13)25-18(17(21)22)8-10-19(11-9-18)16(20)15-7-4-12-24-15/h2-3,5-6,15H,4,7-12H2,1H3,(H,21,22). The molecular formula is C18H23NO6. The van der Waals surface area contributed by atoms with Crippen molar-refractivity contribution in [2.75, 3.05) is 26.8 Å². The molecule has 0 saturated carbocycles. The Morgan fingerprint density at radius 2 is 1.92 bits per heavy atom. The molecule has 2 fully saturated rings. The maximum absolute atomic E-state index is 12.4. The van der Waals surface area contributed by atoms with Gasteiger partial charge in [0.2, 0.25) is 5.60 Å². The molecule has 7 nitrogen and oxygen atoms in total. The van der Waals surface area contributed by atoms with Gasteiger partial charge in [0, 0.05) is 32.5 Å². The maximum atomic E-state index is 12.4. The van der Waals surface area contributed by atoms with E-state index in [4.69, 9.17) is 14.2 Å². The van der Waals surface area contributed by atoms with Crippen molar-refractivity contribution in [1.29, 1.82) is 0 Å². The zero-order valence-corrected chi connectivity index (χ0v) is 14.3. The Bertz CT molecular complexity index is 632. The molecule has 2 aliphatic heterocycles. The molecule has 1 aromatic carbocycles. The molecule has 136 valence electrons. The number of ether oxygens (including phenoxy) is 3. The number of piperidine rings is 1. The van der Waals surface area contributed by atoms with Crippen LogP contribution < -0.4 is 9.47 Å². The fourth-order valence-corrected chi connectivity index (χ4v) is 3.34. The third-order valence-electron chi connectivity index (χ3n) is 4.85. The minimum absolute atomic E-state index is 0.0474. The smallest absolute Gasteiger partial charge is 0.348 e. The van der Waals surface area contributed by atoms with E-state index >= 15 is 0 Å². The van der Waals surface area contributed by atoms with Gasteiger partial charge in [0.1, 0.15) is 6.10 Å². The molecule has 0 bridgehead atoms. The van der Waals surface area contributed by atoms with Crippen LogP contribution in [0.2, 0.25) is 0 Å². The number of para-hydroxylation sites is 2. The lowest BCUT2D eigenvalue weighted by Crippen LogP contribution is -2.55. The van der Waals surface area contributed by atoms with Crippen LogP contribution in [0.15, 0.2) is 24.3 Å². The Hall–Kier alpha value is -2.28. The second-order valence-electron chi connectivity index (χ2n) is 6.38. The zero-order chi connectivity index (χ0) is 17.9. The number of carboxylic acid groups (broad SMARTS) is 1. The summed E-state index contributed by atoms with van der Waals surface area (Å²) >= 11 is 0. The number of methoxy groups -OCH3 is 1. The molecule has 2 aliphatic rings. The Labute approximate surface area is 146 Å². The van der Waals surface area contributed by atoms with Crippen LogP contribution in [0.4, 0.5) is 0 Å². The molecule has 7 heteroatoms. The van der Waals surface area contributed by atoms with E-state index in [1.807, 2.05) is 0 Å². The van der Waals surface area contributed by atoms with Crippen LogP contribution in [-0.2, 0) is 14.3 Å². The summed E-state index contributed by atoms with van der Waals surface area (Å²) in [5.74, 6) is -0.191. The summed E-state index contributed by atoms with van der Waals surface area (Å²) in [5, 5.41) is 9.76. The molecule has 1 aromatic rings. The lowest BCUT2D eigenvalue weighted by atomic mass is 9.90. The molecule has 0 spiro atoms. The van der Waals surface area contributed by atoms with Gasteiger partial charge < -0.3 is 24.2 Å². The summed E-state index contributed by atoms with van der Waals surface area (Å²) in [6, 6.07) is 6.97. The lowest BCUT2D eigenvalue weighted by Gasteiger charge is -2.39. The van der Waals surface area contributed by atoms with E-state index in [-0.39, 0.29) is 24.9 Å². The third kappa shape index (κ3) is 3.56. The van der Waals surface area contributed by atoms with E-state index in [1.54, 1.807) is 29.2 Å². The van der Waals surface area contributed by atoms with Crippen LogP contribution >= 0.6 is 0 Å². The molecule has 2 heterocycles. The maximum Gasteiger partial charge on any atom is 0.348 e. The molecule has 0 aromatic heterocycles. The minimum Gasteiger partial charge on any atom is -0.493 e. The van der Waals surface area contributed by atoms with E-state index in [9.17, 15) is 14.7 Å². The first kappa shape index (κ1) is 17.5. The molecular weight excluding hydrogens is 326 g/mol. The average molecular weight is 349 g/mol. The quantitative estimate of drug-likeness (QED) is 0.871. The topological polar surface area (TPSA) is 85.3 Å². The molecule has 25 heavy (non-hydrogen) atoms. The normalized spacial score (nSPS) is 22.4. The van der Waals surface area contributed by atoms with Crippen molar-refractivity contribution in [3.05, 3.63) is 24.3 Å². The minimum atomic E-state index is -1.36. The number of amides is 1. The van der Waals surface area contributed by atoms with Gasteiger partial charge in [-0.25, -0.2) is 4.79 Å². The first-order valence-corrected chi connectivity index (χ1v) is 8.51. The number of carbonyl (C=O) groups excluding carboxylic acids is 1. The Balaban J connectivity index is 1.70. The van der Waals surface area contributed by atoms with Crippen LogP contribution in [-0.4, -0.2) is 60.4 Å². The highest BCUT2D eigenvalue weighted by Crippen LogP contribution is 2.35. The largest absolute Gasteiger partial charge is 0.493 e. The van der Waals surface area contributed by atoms with Crippen LogP contribution in [0, 0.1) is 0 Å². The van der Waals surface area contributed by atoms with Gasteiger partial charge in [0.25, 0.3) is 5.91 Å². The van der Waals surface area contributed by atoms with Gasteiger partial charge in [-0.15, -0.1) is 0 Å². The van der Waals surface area contributed by atoms with Crippen LogP contribution in [0.3, 0.4) is 0 Å². The Kier molecular flexibility index (Phi) is 5.13. The number of aliphatic carboxylic acids is 1. The Morgan fingerprint density at radius 1 is 1.24 bits per heavy atom. The fraction of sp³-hybridized carbons (Fsp3) is 0.556. The van der Waals surface area contributed by atoms with Crippen LogP contribution in [0.1, 0.15) is 25.7 Å². The number of hydrogen-bond donors (Lipinski definition) is 1. The van der Waals surface area contributed by atoms with Crippen LogP contribution in [0.5, 0.6) is 11.5 Å². The van der Waals surface area contributed by atoms with Crippen molar-refractivity contribution in [3.63, 3.8) is 0 Å². The van der Waals surface area contributed by atoms with Crippen molar-refractivity contribution in [2.24, 2.45) is 0 Å². The van der Waals surface area contributed by atoms with Crippen molar-refractivity contribution in [1.82, 2.24) is 4.90 Å². The highest BCUT2D eigenvalue weighted by molar-refractivity contribution is 5.82. The van der Waals surface area contributed by atoms with Crippen molar-refractivity contribution >= 4 is 11.9 Å². The van der Waals surface area contributed by atoms with Crippen molar-refractivity contribution < 1.29 is 28.9 Å². The number of carboxylic acids is 1. The van der Waals surface area contributed by atoms with Gasteiger partial charge in [-0.05, 0) is 25.0 Å². The number of nitrogens with zero attached hydrogens (tertiary/aromatic N) is 1. The van der Waals surface area contributed by atoms with Crippen molar-refractivity contribution in [2.45, 2.75) is 37.4 Å². The lowest BCUT2D eigenvalue weighted by molar-refractivity contribution is -0.163. The number of hydrogen-bond acceptors (Lipinski definition) is 5. The summed E-state index contributed by atoms with van der Waals surface area (Å²) in [6.45, 7) is 1.28. The first-order valence-electron chi connectivity index (χ1n) is 8.51. The number of likely N-dealkylation sites (tertiary alicyclic amines) is 1. The predicted molar refractivity (Wildman–Crippen MR) is 88.8 cm³/mol. The summed E-state index contributed by atoms with van der Waals surface area (Å²) in [7, 11) is 1.51. The second kappa shape index (κ2) is 7.31. The first-order chi connectivity index (χ1) is 12.1. The molecule has 1 amide bonds. The van der Waals surface area contributed by atoms with E-state index in [0.29, 0.717) is 31.2 Å². The van der Waals surface area contributed by atoms with Crippen LogP contribution in [0.25, 0.3) is 0 Å². The van der Waals surface area contributed by atoms with E-state index < -0.39 is 11.6 Å². The number of benzene rings is 1. The molecule has 1 atom stereocenters. The molecule has 1 N–H and O–H groups in total. The van der Waals surface area contributed by atoms with E-state index in [1.165, 1.54) is 7.11 Å². The summed E-state index contributed by atoms with van der Waals surface area (Å²) in [5.41, 5.74) is -1.36. The van der Waals surface area contributed by atoms with Gasteiger partial charge in [0.05, 0.1) is 7.11 Å². The molecule has 3 rings (SSSR count). The van der Waals surface area contributed by atoms with Gasteiger partial charge in [-0.2, -0.15) is 0 Å².